The Balaban J connectivity index is 1.96. The molecule has 8 heteroatoms. The zero-order valence-electron chi connectivity index (χ0n) is 22.8. The molecular weight excluding hydrogens is 523 g/mol. The number of hydrogen-bond donors (Lipinski definition) is 3. The Hall–Kier alpha value is -4.53. The van der Waals surface area contributed by atoms with Crippen LogP contribution in [-0.2, 0) is 4.79 Å². The van der Waals surface area contributed by atoms with Crippen LogP contribution in [0.25, 0.3) is 28.3 Å². The average molecular weight is 556 g/mol. The number of rotatable bonds is 11. The van der Waals surface area contributed by atoms with Crippen molar-refractivity contribution >= 4 is 23.6 Å². The molecule has 4 aromatic rings. The molecule has 0 aliphatic carbocycles. The highest BCUT2D eigenvalue weighted by Crippen LogP contribution is 2.42. The minimum Gasteiger partial charge on any atom is -0.550 e. The predicted octanol–water partition coefficient (Wildman–Crippen LogP) is 5.06. The molecule has 0 bridgehead atoms. The van der Waals surface area contributed by atoms with Crippen LogP contribution < -0.4 is 10.4 Å². The van der Waals surface area contributed by atoms with E-state index in [0.717, 1.165) is 5.56 Å². The van der Waals surface area contributed by atoms with Gasteiger partial charge in [0.05, 0.1) is 12.2 Å². The number of anilines is 1. The van der Waals surface area contributed by atoms with Crippen LogP contribution in [0.3, 0.4) is 0 Å². The second-order valence-corrected chi connectivity index (χ2v) is 10.0. The maximum Gasteiger partial charge on any atom is 0.272 e. The molecular formula is C33H32FN2O5-. The molecule has 0 fully saturated rings. The van der Waals surface area contributed by atoms with E-state index in [0.29, 0.717) is 33.8 Å². The lowest BCUT2D eigenvalue weighted by Crippen LogP contribution is -2.29. The van der Waals surface area contributed by atoms with E-state index in [1.807, 2.05) is 66.9 Å². The van der Waals surface area contributed by atoms with Crippen molar-refractivity contribution in [2.45, 2.75) is 44.9 Å². The van der Waals surface area contributed by atoms with Crippen LogP contribution in [0.4, 0.5) is 10.1 Å². The van der Waals surface area contributed by atoms with Gasteiger partial charge < -0.3 is 30.0 Å². The summed E-state index contributed by atoms with van der Waals surface area (Å²) in [7, 11) is 0. The van der Waals surface area contributed by atoms with Gasteiger partial charge in [0.25, 0.3) is 5.91 Å². The number of carboxylic acids is 1. The van der Waals surface area contributed by atoms with E-state index in [-0.39, 0.29) is 18.4 Å². The number of aromatic nitrogens is 1. The van der Waals surface area contributed by atoms with Crippen molar-refractivity contribution in [1.82, 2.24) is 4.57 Å². The highest BCUT2D eigenvalue weighted by molar-refractivity contribution is 6.11. The molecule has 4 rings (SSSR count). The van der Waals surface area contributed by atoms with Gasteiger partial charge in [0.1, 0.15) is 11.5 Å². The number of carbonyl (C=O) groups excluding carboxylic acids is 2. The van der Waals surface area contributed by atoms with E-state index in [2.05, 4.69) is 5.32 Å². The fraction of sp³-hybridized carbons (Fsp3) is 0.212. The van der Waals surface area contributed by atoms with Crippen LogP contribution >= 0.6 is 0 Å². The van der Waals surface area contributed by atoms with E-state index in [4.69, 9.17) is 0 Å². The number of carbonyl (C=O) groups is 2. The quantitative estimate of drug-likeness (QED) is 0.239. The molecule has 2 atom stereocenters. The molecule has 0 aliphatic heterocycles. The van der Waals surface area contributed by atoms with Crippen molar-refractivity contribution in [2.24, 2.45) is 0 Å². The second-order valence-electron chi connectivity index (χ2n) is 10.0. The Morgan fingerprint density at radius 3 is 2.07 bits per heavy atom. The number of aliphatic hydroxyl groups excluding tert-OH is 2. The minimum absolute atomic E-state index is 0.217. The van der Waals surface area contributed by atoms with Crippen LogP contribution in [0, 0.1) is 5.82 Å². The summed E-state index contributed by atoms with van der Waals surface area (Å²) in [5.74, 6) is -2.17. The van der Waals surface area contributed by atoms with Crippen molar-refractivity contribution in [3.63, 3.8) is 0 Å². The largest absolute Gasteiger partial charge is 0.550 e. The average Bonchev–Trinajstić information content (AvgIpc) is 3.28. The van der Waals surface area contributed by atoms with E-state index >= 15 is 0 Å². The topological polar surface area (TPSA) is 115 Å². The molecule has 1 amide bonds. The monoisotopic (exact) mass is 555 g/mol. The number of nitrogens with zero attached hydrogens (tertiary/aromatic N) is 1. The SMILES string of the molecule is CC(C)n1c(/C=C/C(O)C[C@@H](O)CC(=O)[O-])c(-c2ccc(F)cc2)c(-c2ccccc2)c1C(=O)Nc1ccccc1. The van der Waals surface area contributed by atoms with Crippen LogP contribution in [0.5, 0.6) is 0 Å². The molecule has 0 saturated heterocycles. The molecule has 3 N–H and O–H groups in total. The second kappa shape index (κ2) is 13.2. The molecule has 1 heterocycles. The standard InChI is InChI=1S/C33H33FN2O5/c1-21(2)36-28(18-17-26(37)19-27(38)20-29(39)40)30(23-13-15-24(34)16-14-23)31(22-9-5-3-6-10-22)32(36)33(41)35-25-11-7-4-8-12-25/h3-18,21,26-27,37-38H,19-20H2,1-2H3,(H,35,41)(H,39,40)/p-1/b18-17+/t26?,27-/m1/s1. The summed E-state index contributed by atoms with van der Waals surface area (Å²) >= 11 is 0. The van der Waals surface area contributed by atoms with Gasteiger partial charge in [-0.3, -0.25) is 4.79 Å². The van der Waals surface area contributed by atoms with E-state index < -0.39 is 30.4 Å². The highest BCUT2D eigenvalue weighted by atomic mass is 19.1. The lowest BCUT2D eigenvalue weighted by molar-refractivity contribution is -0.307. The first kappa shape index (κ1) is 29.5. The van der Waals surface area contributed by atoms with Gasteiger partial charge in [-0.25, -0.2) is 4.39 Å². The van der Waals surface area contributed by atoms with Crippen molar-refractivity contribution in [1.29, 1.82) is 0 Å². The number of hydrogen-bond acceptors (Lipinski definition) is 5. The Bertz CT molecular complexity index is 1510. The van der Waals surface area contributed by atoms with Gasteiger partial charge in [-0.15, -0.1) is 0 Å². The van der Waals surface area contributed by atoms with E-state index in [1.165, 1.54) is 18.2 Å². The predicted molar refractivity (Wildman–Crippen MR) is 155 cm³/mol. The number of carboxylic acid groups (broad SMARTS) is 1. The van der Waals surface area contributed by atoms with Crippen LogP contribution in [-0.4, -0.2) is 38.9 Å². The van der Waals surface area contributed by atoms with Gasteiger partial charge >= 0.3 is 0 Å². The number of para-hydroxylation sites is 1. The highest BCUT2D eigenvalue weighted by Gasteiger charge is 2.29. The van der Waals surface area contributed by atoms with Gasteiger partial charge in [0.2, 0.25) is 0 Å². The molecule has 3 aromatic carbocycles. The molecule has 7 nitrogen and oxygen atoms in total. The van der Waals surface area contributed by atoms with Crippen LogP contribution in [0.15, 0.2) is 91.0 Å². The summed E-state index contributed by atoms with van der Waals surface area (Å²) in [5, 5.41) is 34.4. The van der Waals surface area contributed by atoms with Gasteiger partial charge in [0, 0.05) is 47.4 Å². The van der Waals surface area contributed by atoms with Gasteiger partial charge in [-0.05, 0) is 55.3 Å². The maximum absolute atomic E-state index is 14.0. The van der Waals surface area contributed by atoms with Crippen molar-refractivity contribution < 1.29 is 29.3 Å². The van der Waals surface area contributed by atoms with Gasteiger partial charge in [-0.2, -0.15) is 0 Å². The first-order valence-corrected chi connectivity index (χ1v) is 13.4. The number of aliphatic hydroxyl groups is 2. The van der Waals surface area contributed by atoms with E-state index in [1.54, 1.807) is 30.3 Å². The van der Waals surface area contributed by atoms with Crippen molar-refractivity contribution in [3.05, 3.63) is 108 Å². The fourth-order valence-corrected chi connectivity index (χ4v) is 4.87. The number of nitrogens with one attached hydrogen (secondary N) is 1. The van der Waals surface area contributed by atoms with Gasteiger partial charge in [-0.1, -0.05) is 66.7 Å². The van der Waals surface area contributed by atoms with E-state index in [9.17, 15) is 29.3 Å². The summed E-state index contributed by atoms with van der Waals surface area (Å²) in [6, 6.07) is 24.2. The molecule has 41 heavy (non-hydrogen) atoms. The molecule has 1 unspecified atom stereocenters. The van der Waals surface area contributed by atoms with Crippen LogP contribution in [0.2, 0.25) is 0 Å². The number of amides is 1. The Morgan fingerprint density at radius 2 is 1.49 bits per heavy atom. The lowest BCUT2D eigenvalue weighted by atomic mass is 9.94. The molecule has 1 aromatic heterocycles. The third-order valence-corrected chi connectivity index (χ3v) is 6.59. The Morgan fingerprint density at radius 1 is 0.902 bits per heavy atom. The van der Waals surface area contributed by atoms with Crippen molar-refractivity contribution in [2.75, 3.05) is 5.32 Å². The Kier molecular flexibility index (Phi) is 9.49. The number of aliphatic carboxylic acids is 1. The number of benzene rings is 3. The molecule has 0 spiro atoms. The third kappa shape index (κ3) is 7.16. The number of halogens is 1. The third-order valence-electron chi connectivity index (χ3n) is 6.59. The summed E-state index contributed by atoms with van der Waals surface area (Å²) in [4.78, 5) is 24.9. The van der Waals surface area contributed by atoms with Crippen molar-refractivity contribution in [3.8, 4) is 22.3 Å². The smallest absolute Gasteiger partial charge is 0.272 e. The summed E-state index contributed by atoms with van der Waals surface area (Å²) in [6.45, 7) is 3.86. The molecule has 0 aliphatic rings. The summed E-state index contributed by atoms with van der Waals surface area (Å²) in [5.41, 5.74) is 4.28. The molecule has 0 saturated carbocycles. The molecule has 0 radical (unpaired) electrons. The Labute approximate surface area is 238 Å². The zero-order chi connectivity index (χ0) is 29.5. The first-order chi connectivity index (χ1) is 19.7. The summed E-state index contributed by atoms with van der Waals surface area (Å²) < 4.78 is 15.9. The zero-order valence-corrected chi connectivity index (χ0v) is 22.8. The maximum atomic E-state index is 14.0. The normalized spacial score (nSPS) is 12.9. The summed E-state index contributed by atoms with van der Waals surface area (Å²) in [6.07, 6.45) is -0.182. The fourth-order valence-electron chi connectivity index (χ4n) is 4.87. The lowest BCUT2D eigenvalue weighted by Gasteiger charge is -2.17. The van der Waals surface area contributed by atoms with Gasteiger partial charge in [0.15, 0.2) is 0 Å². The van der Waals surface area contributed by atoms with Crippen LogP contribution in [0.1, 0.15) is 48.9 Å². The minimum atomic E-state index is -1.41. The first-order valence-electron chi connectivity index (χ1n) is 13.4. The molecule has 212 valence electrons.